The van der Waals surface area contributed by atoms with E-state index in [1.165, 1.54) is 48.8 Å². The molecule has 1 heterocycles. The number of benzene rings is 1. The van der Waals surface area contributed by atoms with Crippen LogP contribution >= 0.6 is 23.1 Å². The zero-order chi connectivity index (χ0) is 19.8. The van der Waals surface area contributed by atoms with E-state index in [0.29, 0.717) is 22.6 Å². The van der Waals surface area contributed by atoms with Crippen LogP contribution in [0, 0.1) is 6.92 Å². The van der Waals surface area contributed by atoms with E-state index >= 15 is 0 Å². The maximum Gasteiger partial charge on any atom is 0.286 e. The zero-order valence-electron chi connectivity index (χ0n) is 16.1. The van der Waals surface area contributed by atoms with Crippen LogP contribution in [0.4, 0.5) is 5.69 Å². The average Bonchev–Trinajstić information content (AvgIpc) is 3.00. The normalized spacial score (nSPS) is 15.0. The van der Waals surface area contributed by atoms with E-state index in [-0.39, 0.29) is 11.8 Å². The Morgan fingerprint density at radius 2 is 1.82 bits per heavy atom. The summed E-state index contributed by atoms with van der Waals surface area (Å²) < 4.78 is 0. The van der Waals surface area contributed by atoms with Gasteiger partial charge in [0, 0.05) is 17.5 Å². The molecule has 1 fully saturated rings. The van der Waals surface area contributed by atoms with Gasteiger partial charge in [0.15, 0.2) is 0 Å². The third-order valence-corrected chi connectivity index (χ3v) is 6.70. The lowest BCUT2D eigenvalue weighted by molar-refractivity contribution is -0.119. The second-order valence-corrected chi connectivity index (χ2v) is 9.12. The molecule has 3 rings (SSSR count). The summed E-state index contributed by atoms with van der Waals surface area (Å²) in [5.41, 5.74) is 1.87. The molecule has 8 heteroatoms. The fourth-order valence-corrected chi connectivity index (χ4v) is 4.77. The van der Waals surface area contributed by atoms with Crippen molar-refractivity contribution in [3.05, 3.63) is 39.8 Å². The largest absolute Gasteiger partial charge is 0.353 e. The highest BCUT2D eigenvalue weighted by Gasteiger charge is 2.16. The van der Waals surface area contributed by atoms with Crippen LogP contribution in [0.1, 0.15) is 58.9 Å². The number of anilines is 1. The molecule has 0 bridgehead atoms. The standard InChI is InChI=1S/C20H26N4O2S2/c1-14-8-10-16(11-9-14)22-19(26)20-24-23-18(28-20)13-27-12-17(25)21-15-6-4-2-3-5-7-15/h8-11,15H,2-7,12-13H2,1H3,(H,21,25)(H,22,26). The molecular formula is C20H26N4O2S2. The van der Waals surface area contributed by atoms with Crippen LogP contribution in [0.15, 0.2) is 24.3 Å². The van der Waals surface area contributed by atoms with E-state index in [2.05, 4.69) is 20.8 Å². The van der Waals surface area contributed by atoms with Gasteiger partial charge in [0.05, 0.1) is 5.75 Å². The molecule has 0 aliphatic heterocycles. The molecule has 0 saturated heterocycles. The van der Waals surface area contributed by atoms with E-state index in [4.69, 9.17) is 0 Å². The molecule has 0 radical (unpaired) electrons. The molecular weight excluding hydrogens is 392 g/mol. The second-order valence-electron chi connectivity index (χ2n) is 7.07. The highest BCUT2D eigenvalue weighted by atomic mass is 32.2. The minimum atomic E-state index is -0.260. The van der Waals surface area contributed by atoms with Gasteiger partial charge in [-0.2, -0.15) is 0 Å². The molecule has 0 unspecified atom stereocenters. The number of aryl methyl sites for hydroxylation is 1. The van der Waals surface area contributed by atoms with Crippen molar-refractivity contribution in [1.82, 2.24) is 15.5 Å². The molecule has 2 amide bonds. The molecule has 0 spiro atoms. The summed E-state index contributed by atoms with van der Waals surface area (Å²) in [6.45, 7) is 2.00. The van der Waals surface area contributed by atoms with Gasteiger partial charge in [0.25, 0.3) is 5.91 Å². The lowest BCUT2D eigenvalue weighted by Gasteiger charge is -2.15. The summed E-state index contributed by atoms with van der Waals surface area (Å²) in [5.74, 6) is 0.802. The van der Waals surface area contributed by atoms with E-state index in [1.54, 1.807) is 0 Å². The quantitative estimate of drug-likeness (QED) is 0.659. The molecule has 1 aliphatic carbocycles. The van der Waals surface area contributed by atoms with Gasteiger partial charge in [0.2, 0.25) is 10.9 Å². The minimum absolute atomic E-state index is 0.0822. The van der Waals surface area contributed by atoms with Crippen LogP contribution < -0.4 is 10.6 Å². The number of amides is 2. The van der Waals surface area contributed by atoms with Gasteiger partial charge >= 0.3 is 0 Å². The Kier molecular flexibility index (Phi) is 7.85. The van der Waals surface area contributed by atoms with Crippen molar-refractivity contribution in [1.29, 1.82) is 0 Å². The Morgan fingerprint density at radius 1 is 1.11 bits per heavy atom. The molecule has 6 nitrogen and oxygen atoms in total. The van der Waals surface area contributed by atoms with E-state index in [1.807, 2.05) is 31.2 Å². The van der Waals surface area contributed by atoms with Crippen LogP contribution in [0.25, 0.3) is 0 Å². The molecule has 0 atom stereocenters. The van der Waals surface area contributed by atoms with E-state index < -0.39 is 0 Å². The molecule has 2 N–H and O–H groups in total. The number of hydrogen-bond acceptors (Lipinski definition) is 6. The van der Waals surface area contributed by atoms with Crippen molar-refractivity contribution in [2.24, 2.45) is 0 Å². The van der Waals surface area contributed by atoms with Crippen molar-refractivity contribution < 1.29 is 9.59 Å². The first-order chi connectivity index (χ1) is 13.6. The second kappa shape index (κ2) is 10.6. The third-order valence-electron chi connectivity index (χ3n) is 4.65. The van der Waals surface area contributed by atoms with Gasteiger partial charge in [-0.1, -0.05) is 54.7 Å². The van der Waals surface area contributed by atoms with Crippen molar-refractivity contribution >= 4 is 40.6 Å². The number of hydrogen-bond donors (Lipinski definition) is 2. The Morgan fingerprint density at radius 3 is 2.54 bits per heavy atom. The summed E-state index contributed by atoms with van der Waals surface area (Å²) >= 11 is 2.77. The van der Waals surface area contributed by atoms with Gasteiger partial charge in [0.1, 0.15) is 5.01 Å². The first kappa shape index (κ1) is 20.8. The predicted molar refractivity (Wildman–Crippen MR) is 115 cm³/mol. The SMILES string of the molecule is Cc1ccc(NC(=O)c2nnc(CSCC(=O)NC3CCCCCC3)s2)cc1. The summed E-state index contributed by atoms with van der Waals surface area (Å²) in [6, 6.07) is 7.93. The number of rotatable bonds is 7. The number of nitrogens with one attached hydrogen (secondary N) is 2. The maximum atomic E-state index is 12.3. The lowest BCUT2D eigenvalue weighted by atomic mass is 10.1. The Bertz CT molecular complexity index is 784. The first-order valence-electron chi connectivity index (χ1n) is 9.67. The van der Waals surface area contributed by atoms with Crippen LogP contribution in [0.2, 0.25) is 0 Å². The molecule has 1 aliphatic rings. The van der Waals surface area contributed by atoms with Gasteiger partial charge in [-0.25, -0.2) is 0 Å². The monoisotopic (exact) mass is 418 g/mol. The van der Waals surface area contributed by atoms with Crippen LogP contribution in [-0.4, -0.2) is 33.8 Å². The molecule has 28 heavy (non-hydrogen) atoms. The number of aromatic nitrogens is 2. The average molecular weight is 419 g/mol. The highest BCUT2D eigenvalue weighted by molar-refractivity contribution is 7.99. The summed E-state index contributed by atoms with van der Waals surface area (Å²) in [6.07, 6.45) is 7.14. The van der Waals surface area contributed by atoms with Crippen molar-refractivity contribution in [2.45, 2.75) is 57.2 Å². The summed E-state index contributed by atoms with van der Waals surface area (Å²) in [7, 11) is 0. The number of carbonyl (C=O) groups is 2. The molecule has 1 saturated carbocycles. The van der Waals surface area contributed by atoms with Crippen LogP contribution in [-0.2, 0) is 10.5 Å². The summed E-state index contributed by atoms with van der Waals surface area (Å²) in [4.78, 5) is 24.4. The number of thioether (sulfide) groups is 1. The molecule has 1 aromatic heterocycles. The minimum Gasteiger partial charge on any atom is -0.353 e. The predicted octanol–water partition coefficient (Wildman–Crippen LogP) is 4.17. The van der Waals surface area contributed by atoms with E-state index in [9.17, 15) is 9.59 Å². The van der Waals surface area contributed by atoms with Crippen molar-refractivity contribution in [2.75, 3.05) is 11.1 Å². The van der Waals surface area contributed by atoms with Crippen molar-refractivity contribution in [3.63, 3.8) is 0 Å². The van der Waals surface area contributed by atoms with Crippen molar-refractivity contribution in [3.8, 4) is 0 Å². The smallest absolute Gasteiger partial charge is 0.286 e. The Hall–Kier alpha value is -1.93. The topological polar surface area (TPSA) is 84.0 Å². The van der Waals surface area contributed by atoms with Gasteiger partial charge in [-0.05, 0) is 31.9 Å². The van der Waals surface area contributed by atoms with Gasteiger partial charge < -0.3 is 10.6 Å². The third kappa shape index (κ3) is 6.60. The summed E-state index contributed by atoms with van der Waals surface area (Å²) in [5, 5.41) is 15.1. The van der Waals surface area contributed by atoms with Crippen LogP contribution in [0.3, 0.4) is 0 Å². The number of carbonyl (C=O) groups excluding carboxylic acids is 2. The van der Waals surface area contributed by atoms with E-state index in [0.717, 1.165) is 29.1 Å². The lowest BCUT2D eigenvalue weighted by Crippen LogP contribution is -2.35. The van der Waals surface area contributed by atoms with Gasteiger partial charge in [-0.3, -0.25) is 9.59 Å². The fraction of sp³-hybridized carbons (Fsp3) is 0.500. The zero-order valence-corrected chi connectivity index (χ0v) is 17.7. The molecule has 150 valence electrons. The number of nitrogens with zero attached hydrogens (tertiary/aromatic N) is 2. The Balaban J connectivity index is 1.40. The molecule has 1 aromatic carbocycles. The molecule has 2 aromatic rings. The highest BCUT2D eigenvalue weighted by Crippen LogP contribution is 2.20. The van der Waals surface area contributed by atoms with Crippen LogP contribution in [0.5, 0.6) is 0 Å². The first-order valence-corrected chi connectivity index (χ1v) is 11.6. The van der Waals surface area contributed by atoms with Gasteiger partial charge in [-0.15, -0.1) is 22.0 Å². The Labute approximate surface area is 173 Å². The maximum absolute atomic E-state index is 12.3. The fourth-order valence-electron chi connectivity index (χ4n) is 3.15.